The van der Waals surface area contributed by atoms with Crippen molar-refractivity contribution in [2.45, 2.75) is 59.3 Å². The highest BCUT2D eigenvalue weighted by Crippen LogP contribution is 2.38. The molecule has 0 bridgehead atoms. The van der Waals surface area contributed by atoms with Gasteiger partial charge in [-0.15, -0.1) is 112 Å². The molecule has 0 atom stereocenters. The molecule has 12 aromatic rings. The summed E-state index contributed by atoms with van der Waals surface area (Å²) in [5, 5.41) is 57.7. The molecule has 0 spiro atoms. The number of amides is 3. The number of hydrogen-bond acceptors (Lipinski definition) is 27. The molecule has 0 aliphatic carbocycles. The van der Waals surface area contributed by atoms with E-state index in [9.17, 15) is 19.5 Å². The Morgan fingerprint density at radius 3 is 1.21 bits per heavy atom. The fourth-order valence-electron chi connectivity index (χ4n) is 12.4. The molecule has 6 aromatic carbocycles. The predicted molar refractivity (Wildman–Crippen MR) is 464 cm³/mol. The number of rotatable bonds is 21. The maximum absolute atomic E-state index is 12.4. The number of hydrogen-bond donors (Lipinski definition) is 7. The zero-order chi connectivity index (χ0) is 79.4. The van der Waals surface area contributed by atoms with E-state index in [2.05, 4.69) is 165 Å². The number of carbonyl (C=O) groups is 3. The minimum Gasteiger partial charge on any atom is -0.508 e. The summed E-state index contributed by atoms with van der Waals surface area (Å²) >= 11 is 35.6. The summed E-state index contributed by atoms with van der Waals surface area (Å²) in [7, 11) is 3.24. The Labute approximate surface area is 706 Å². The number of methoxy groups -OCH3 is 2. The molecule has 8 N–H and O–H groups in total. The molecule has 38 heteroatoms. The van der Waals surface area contributed by atoms with E-state index >= 15 is 0 Å². The van der Waals surface area contributed by atoms with Gasteiger partial charge < -0.3 is 51.0 Å². The van der Waals surface area contributed by atoms with Crippen LogP contribution < -0.4 is 41.8 Å². The number of halogens is 7. The molecule has 3 fully saturated rings. The van der Waals surface area contributed by atoms with E-state index in [4.69, 9.17) is 50.0 Å². The van der Waals surface area contributed by atoms with Crippen LogP contribution in [0.5, 0.6) is 17.2 Å². The van der Waals surface area contributed by atoms with Gasteiger partial charge in [0.25, 0.3) is 17.7 Å². The zero-order valence-corrected chi connectivity index (χ0v) is 72.4. The number of aromatic nitrogens is 12. The van der Waals surface area contributed by atoms with Gasteiger partial charge >= 0.3 is 3.18 Å². The van der Waals surface area contributed by atoms with Gasteiger partial charge in [0, 0.05) is 87.2 Å². The molecule has 6 aromatic heterocycles. The number of phenolic OH excluding ortho intramolecular Hbond substituents is 1. The topological polar surface area (TPSA) is 340 Å². The second kappa shape index (κ2) is 41.3. The third-order valence-electron chi connectivity index (χ3n) is 17.9. The van der Waals surface area contributed by atoms with Crippen LogP contribution in [0.2, 0.25) is 15.1 Å². The summed E-state index contributed by atoms with van der Waals surface area (Å²) in [5.41, 5.74) is 18.7. The minimum absolute atomic E-state index is 0.0823. The number of nitrogens with zero attached hydrogens (tertiary/aromatic N) is 15. The number of aryl methyl sites for hydroxylation is 3. The number of nitrogen functional groups attached to an aromatic ring is 1. The molecule has 3 aliphatic heterocycles. The van der Waals surface area contributed by atoms with Crippen molar-refractivity contribution in [2.75, 3.05) is 109 Å². The number of thiazole rings is 3. The lowest BCUT2D eigenvalue weighted by Crippen LogP contribution is -2.33. The second-order valence-corrected chi connectivity index (χ2v) is 37.3. The monoisotopic (exact) mass is 1880 g/mol. The van der Waals surface area contributed by atoms with Crippen LogP contribution in [0.25, 0.3) is 66.5 Å². The first-order valence-corrected chi connectivity index (χ1v) is 42.7. The number of carbonyl (C=O) groups excluding carboxylic acids is 3. The summed E-state index contributed by atoms with van der Waals surface area (Å²) < 4.78 is 11.6. The summed E-state index contributed by atoms with van der Waals surface area (Å²) in [6.07, 6.45) is 7.50. The number of benzene rings is 6. The van der Waals surface area contributed by atoms with Crippen LogP contribution in [0.15, 0.2) is 111 Å². The Kier molecular flexibility index (Phi) is 31.3. The van der Waals surface area contributed by atoms with Gasteiger partial charge in [0.05, 0.1) is 30.8 Å². The number of likely N-dealkylation sites (tertiary alicyclic amines) is 3. The maximum atomic E-state index is 12.4. The number of ether oxygens (including phenoxy) is 2. The Hall–Kier alpha value is -8.04. The average molecular weight is 1890 g/mol. The van der Waals surface area contributed by atoms with Crippen molar-refractivity contribution in [1.82, 2.24) is 91.1 Å². The third kappa shape index (κ3) is 24.0. The van der Waals surface area contributed by atoms with E-state index in [1.54, 1.807) is 48.6 Å². The highest BCUT2D eigenvalue weighted by atomic mass is 79.9. The smallest absolute Gasteiger partial charge is 0.369 e. The van der Waals surface area contributed by atoms with Crippen molar-refractivity contribution in [3.8, 4) is 50.6 Å². The molecule has 0 unspecified atom stereocenters. The van der Waals surface area contributed by atoms with Gasteiger partial charge in [-0.3, -0.25) is 25.0 Å². The Bertz CT molecular complexity index is 5270. The Morgan fingerprint density at radius 1 is 0.482 bits per heavy atom. The van der Waals surface area contributed by atoms with Crippen LogP contribution in [0.1, 0.15) is 86.7 Å². The quantitative estimate of drug-likeness (QED) is 0.0329. The van der Waals surface area contributed by atoms with Crippen LogP contribution in [-0.4, -0.2) is 194 Å². The lowest BCUT2D eigenvalue weighted by atomic mass is 10.0. The first-order valence-electron chi connectivity index (χ1n) is 35.4. The number of fused-ring (bicyclic) bond motifs is 3. The van der Waals surface area contributed by atoms with Crippen molar-refractivity contribution in [1.29, 1.82) is 0 Å². The molecule has 15 rings (SSSR count). The highest BCUT2D eigenvalue weighted by Gasteiger charge is 2.21. The molecule has 112 heavy (non-hydrogen) atoms. The van der Waals surface area contributed by atoms with Gasteiger partial charge in [-0.05, 0) is 239 Å². The van der Waals surface area contributed by atoms with Gasteiger partial charge in [0.1, 0.15) is 50.9 Å². The molecule has 584 valence electrons. The van der Waals surface area contributed by atoms with E-state index in [0.717, 1.165) is 124 Å². The normalized spacial score (nSPS) is 13.4. The maximum Gasteiger partial charge on any atom is 0.369 e. The van der Waals surface area contributed by atoms with Crippen LogP contribution in [-0.2, 0) is 0 Å². The van der Waals surface area contributed by atoms with Crippen LogP contribution >= 0.6 is 132 Å². The van der Waals surface area contributed by atoms with Crippen molar-refractivity contribution >= 4 is 214 Å². The molecule has 3 amide bonds. The van der Waals surface area contributed by atoms with Gasteiger partial charge in [-0.25, -0.2) is 29.9 Å². The van der Waals surface area contributed by atoms with E-state index in [1.165, 1.54) is 72.5 Å². The fourth-order valence-corrected chi connectivity index (χ4v) is 15.4. The lowest BCUT2D eigenvalue weighted by molar-refractivity contribution is 0.0937. The van der Waals surface area contributed by atoms with Crippen LogP contribution in [0.3, 0.4) is 0 Å². The van der Waals surface area contributed by atoms with Crippen molar-refractivity contribution in [2.24, 2.45) is 0 Å². The zero-order valence-electron chi connectivity index (χ0n) is 61.3. The number of anilines is 5. The fraction of sp³-hybridized carbons (Fsp3) is 0.311. The van der Waals surface area contributed by atoms with E-state index < -0.39 is 0 Å². The molecule has 27 nitrogen and oxygen atoms in total. The van der Waals surface area contributed by atoms with Crippen molar-refractivity contribution in [3.05, 3.63) is 160 Å². The standard InChI is InChI=1S/C25H26ClN7O2S.C24H24ClN7O2S.C15H13ClN4O.C10H14BrN3OS.BBr3/c1-15-11-16(18-13-17(35-2)5-6-19(18)26)12-20-22(15)29-24(32-31-20)30-25-28-21(14-36-25)23(34)27-7-10-33-8-3-4-9-33;1-14-10-15(17-12-16(33)4-5-18(17)25)11-19-21(14)28-23(31-30-19)29-24-27-20(13-35-24)22(34)26-6-9-32-7-2-3-8-32;1-8-5-9(6-13-14(8)18-15(17)20-19-13)11-7-10(21-2)3-4-12(11)16;11-10-13-8(7-16-10)9(15)12-3-6-14-4-1-2-5-14;2-1(3)4/h5-6,11-14H,3-4,7-10H2,1-2H3,(H,27,34)(H,28,29,30,32);4-5,10-13,33H,2-3,6-9H2,1H3,(H,26,34)(H,27,28,29,31);3-7H,1-2H3,(H2,17,18,20);7H,1-6H2,(H,12,15);. The van der Waals surface area contributed by atoms with Crippen molar-refractivity contribution < 1.29 is 29.0 Å². The van der Waals surface area contributed by atoms with Crippen LogP contribution in [0.4, 0.5) is 28.1 Å². The molecule has 0 saturated carbocycles. The third-order valence-corrected chi connectivity index (χ3v) is 21.7. The second-order valence-electron chi connectivity index (χ2n) is 25.8. The summed E-state index contributed by atoms with van der Waals surface area (Å²) in [6.45, 7) is 17.2. The molecule has 3 aliphatic rings. The van der Waals surface area contributed by atoms with Crippen molar-refractivity contribution in [3.63, 3.8) is 0 Å². The van der Waals surface area contributed by atoms with Gasteiger partial charge in [0.15, 0.2) is 14.2 Å². The molecular weight excluding hydrogens is 1810 g/mol. The van der Waals surface area contributed by atoms with Gasteiger partial charge in [-0.1, -0.05) is 34.8 Å². The largest absolute Gasteiger partial charge is 0.508 e. The molecule has 3 saturated heterocycles. The molecule has 0 radical (unpaired) electrons. The Morgan fingerprint density at radius 2 is 0.830 bits per heavy atom. The van der Waals surface area contributed by atoms with Gasteiger partial charge in [0.2, 0.25) is 17.8 Å². The van der Waals surface area contributed by atoms with Gasteiger partial charge in [-0.2, -0.15) is 0 Å². The Balaban J connectivity index is 0.000000152. The predicted octanol–water partition coefficient (Wildman–Crippen LogP) is 16.2. The molecule has 9 heterocycles. The highest BCUT2D eigenvalue weighted by molar-refractivity contribution is 9.69. The van der Waals surface area contributed by atoms with Crippen LogP contribution in [0, 0.1) is 20.8 Å². The first-order chi connectivity index (χ1) is 54.0. The summed E-state index contributed by atoms with van der Waals surface area (Å²) in [6, 6.07) is 27.4. The lowest BCUT2D eigenvalue weighted by Gasteiger charge is -2.14. The SMILES string of the molecule is BrB(Br)Br.COc1ccc(Cl)c(-c2cc(C)c3nc(N)nnc3c2)c1.COc1ccc(Cl)c(-c2cc(C)c3nc(Nc4nc(C(=O)NCCN5CCCC5)cs4)nnc3c2)c1.Cc1cc(-c2cc(O)ccc2Cl)cc2nnc(Nc3nc(C(=O)NCCN4CCCC4)cs3)nc12.O=C(NCCN1CCCC1)c1csc(Br)n1. The molecular formula is C74H77BBr4Cl3N21O6S3. The number of phenols is 1. The van der Waals surface area contributed by atoms with E-state index in [1.807, 2.05) is 93.6 Å². The number of aromatic hydroxyl groups is 1. The average Bonchev–Trinajstić information content (AvgIpc) is 1.11. The van der Waals surface area contributed by atoms with E-state index in [0.29, 0.717) is 107 Å². The first kappa shape index (κ1) is 84.9. The number of nitrogens with one attached hydrogen (secondary N) is 5. The summed E-state index contributed by atoms with van der Waals surface area (Å²) in [5.74, 6) is 1.91. The van der Waals surface area contributed by atoms with E-state index in [-0.39, 0.29) is 32.6 Å². The minimum atomic E-state index is -0.194. The summed E-state index contributed by atoms with van der Waals surface area (Å²) in [4.78, 5) is 69.8. The number of nitrogens with two attached hydrogens (primary N) is 1.